The molecule has 0 rings (SSSR count). The van der Waals surface area contributed by atoms with Gasteiger partial charge in [-0.15, -0.1) is 0 Å². The van der Waals surface area contributed by atoms with Crippen molar-refractivity contribution in [1.29, 1.82) is 0 Å². The van der Waals surface area contributed by atoms with E-state index in [0.29, 0.717) is 0 Å². The molecule has 0 spiro atoms. The van der Waals surface area contributed by atoms with Gasteiger partial charge in [0.05, 0.1) is 6.61 Å². The van der Waals surface area contributed by atoms with Crippen LogP contribution < -0.4 is 0 Å². The second kappa shape index (κ2) is 6.35. The van der Waals surface area contributed by atoms with Crippen LogP contribution in [0.3, 0.4) is 0 Å². The van der Waals surface area contributed by atoms with E-state index in [4.69, 9.17) is 0 Å². The first-order chi connectivity index (χ1) is 6.64. The van der Waals surface area contributed by atoms with Crippen molar-refractivity contribution in [2.45, 2.75) is 12.7 Å². The molecule has 0 fully saturated rings. The Morgan fingerprint density at radius 3 is 2.36 bits per heavy atom. The SMILES string of the molecule is CCOC(=O)C#CC(CF)(OC)OC. The Hall–Kier alpha value is -1.12. The summed E-state index contributed by atoms with van der Waals surface area (Å²) in [6.07, 6.45) is 0. The fourth-order valence-electron chi connectivity index (χ4n) is 0.641. The lowest BCUT2D eigenvalue weighted by Gasteiger charge is -2.20. The van der Waals surface area contributed by atoms with Crippen molar-refractivity contribution in [3.05, 3.63) is 0 Å². The van der Waals surface area contributed by atoms with Crippen LogP contribution in [-0.2, 0) is 19.0 Å². The summed E-state index contributed by atoms with van der Waals surface area (Å²) < 4.78 is 26.3. The highest BCUT2D eigenvalue weighted by Crippen LogP contribution is 2.09. The minimum atomic E-state index is -1.67. The molecule has 4 nitrogen and oxygen atoms in total. The van der Waals surface area contributed by atoms with Crippen LogP contribution in [0.15, 0.2) is 0 Å². The van der Waals surface area contributed by atoms with E-state index >= 15 is 0 Å². The smallest absolute Gasteiger partial charge is 0.384 e. The van der Waals surface area contributed by atoms with E-state index in [1.165, 1.54) is 14.2 Å². The second-order valence-electron chi connectivity index (χ2n) is 2.27. The summed E-state index contributed by atoms with van der Waals surface area (Å²) in [5, 5.41) is 0. The first-order valence-electron chi connectivity index (χ1n) is 4.00. The van der Waals surface area contributed by atoms with Crippen molar-refractivity contribution in [2.75, 3.05) is 27.5 Å². The van der Waals surface area contributed by atoms with Crippen molar-refractivity contribution < 1.29 is 23.4 Å². The average Bonchev–Trinajstić information content (AvgIpc) is 2.21. The van der Waals surface area contributed by atoms with Crippen LogP contribution in [0.25, 0.3) is 0 Å². The molecule has 0 aliphatic heterocycles. The molecule has 5 heteroatoms. The minimum absolute atomic E-state index is 0.218. The van der Waals surface area contributed by atoms with Gasteiger partial charge in [0.2, 0.25) is 0 Å². The van der Waals surface area contributed by atoms with E-state index < -0.39 is 18.4 Å². The van der Waals surface area contributed by atoms with Crippen LogP contribution >= 0.6 is 0 Å². The fourth-order valence-corrected chi connectivity index (χ4v) is 0.641. The summed E-state index contributed by atoms with van der Waals surface area (Å²) >= 11 is 0. The summed E-state index contributed by atoms with van der Waals surface area (Å²) in [5.74, 6) is 1.89. The molecule has 0 aromatic heterocycles. The molecule has 0 saturated carbocycles. The molecular formula is C9H13FO4. The molecule has 0 radical (unpaired) electrons. The molecule has 80 valence electrons. The van der Waals surface area contributed by atoms with E-state index in [2.05, 4.69) is 26.1 Å². The maximum atomic E-state index is 12.4. The largest absolute Gasteiger partial charge is 0.456 e. The monoisotopic (exact) mass is 204 g/mol. The zero-order chi connectivity index (χ0) is 11.0. The third-order valence-electron chi connectivity index (χ3n) is 1.47. The third-order valence-corrected chi connectivity index (χ3v) is 1.47. The van der Waals surface area contributed by atoms with Gasteiger partial charge >= 0.3 is 5.97 Å². The van der Waals surface area contributed by atoms with Crippen LogP contribution in [0.2, 0.25) is 0 Å². The summed E-state index contributed by atoms with van der Waals surface area (Å²) in [6.45, 7) is 0.900. The van der Waals surface area contributed by atoms with Gasteiger partial charge in [-0.1, -0.05) is 0 Å². The summed E-state index contributed by atoms with van der Waals surface area (Å²) in [7, 11) is 2.48. The van der Waals surface area contributed by atoms with Gasteiger partial charge in [0, 0.05) is 20.1 Å². The number of halogens is 1. The number of hydrogen-bond donors (Lipinski definition) is 0. The molecule has 0 aliphatic rings. The van der Waals surface area contributed by atoms with Gasteiger partial charge in [-0.2, -0.15) is 0 Å². The lowest BCUT2D eigenvalue weighted by atomic mass is 10.3. The quantitative estimate of drug-likeness (QED) is 0.290. The number of alkyl halides is 1. The minimum Gasteiger partial charge on any atom is -0.456 e. The standard InChI is InChI=1S/C9H13FO4/c1-4-14-8(11)5-6-9(7-10,12-2)13-3/h4,7H2,1-3H3. The Morgan fingerprint density at radius 1 is 1.43 bits per heavy atom. The molecule has 0 N–H and O–H groups in total. The maximum Gasteiger partial charge on any atom is 0.384 e. The number of methoxy groups -OCH3 is 2. The van der Waals surface area contributed by atoms with Crippen LogP contribution in [0.4, 0.5) is 4.39 Å². The van der Waals surface area contributed by atoms with E-state index in [0.717, 1.165) is 0 Å². The van der Waals surface area contributed by atoms with Crippen molar-refractivity contribution in [1.82, 2.24) is 0 Å². The normalized spacial score (nSPS) is 10.3. The molecule has 14 heavy (non-hydrogen) atoms. The van der Waals surface area contributed by atoms with Gasteiger partial charge in [0.15, 0.2) is 6.67 Å². The van der Waals surface area contributed by atoms with Gasteiger partial charge in [0.25, 0.3) is 5.79 Å². The Kier molecular flexibility index (Phi) is 5.84. The summed E-state index contributed by atoms with van der Waals surface area (Å²) in [4.78, 5) is 10.8. The van der Waals surface area contributed by atoms with E-state index in [-0.39, 0.29) is 6.61 Å². The molecule has 0 aromatic carbocycles. The number of esters is 1. The van der Waals surface area contributed by atoms with Crippen LogP contribution in [0.5, 0.6) is 0 Å². The van der Waals surface area contributed by atoms with Crippen molar-refractivity contribution in [3.63, 3.8) is 0 Å². The molecule has 0 aliphatic carbocycles. The molecule has 0 bridgehead atoms. The van der Waals surface area contributed by atoms with Crippen molar-refractivity contribution >= 4 is 5.97 Å². The highest BCUT2D eigenvalue weighted by molar-refractivity contribution is 5.88. The number of hydrogen-bond acceptors (Lipinski definition) is 4. The van der Waals surface area contributed by atoms with Gasteiger partial charge in [-0.05, 0) is 12.8 Å². The zero-order valence-electron chi connectivity index (χ0n) is 8.43. The summed E-state index contributed by atoms with van der Waals surface area (Å²) in [5.41, 5.74) is 0. The predicted molar refractivity (Wildman–Crippen MR) is 47.1 cm³/mol. The predicted octanol–water partition coefficient (Wildman–Crippen LogP) is 0.512. The molecule has 0 amide bonds. The van der Waals surface area contributed by atoms with Gasteiger partial charge in [-0.3, -0.25) is 0 Å². The number of carbonyl (C=O) groups is 1. The molecule has 0 saturated heterocycles. The van der Waals surface area contributed by atoms with Gasteiger partial charge in [-0.25, -0.2) is 9.18 Å². The number of rotatable bonds is 4. The van der Waals surface area contributed by atoms with Crippen LogP contribution in [0.1, 0.15) is 6.92 Å². The van der Waals surface area contributed by atoms with E-state index in [9.17, 15) is 9.18 Å². The van der Waals surface area contributed by atoms with Crippen LogP contribution in [0, 0.1) is 11.8 Å². The van der Waals surface area contributed by atoms with Crippen LogP contribution in [-0.4, -0.2) is 39.3 Å². The van der Waals surface area contributed by atoms with Crippen molar-refractivity contribution in [2.24, 2.45) is 0 Å². The second-order valence-corrected chi connectivity index (χ2v) is 2.27. The Bertz CT molecular complexity index is 229. The fraction of sp³-hybridized carbons (Fsp3) is 0.667. The average molecular weight is 204 g/mol. The Balaban J connectivity index is 4.48. The first-order valence-corrected chi connectivity index (χ1v) is 4.00. The molecule has 0 unspecified atom stereocenters. The molecule has 0 heterocycles. The highest BCUT2D eigenvalue weighted by Gasteiger charge is 2.27. The molecule has 0 atom stereocenters. The lowest BCUT2D eigenvalue weighted by molar-refractivity contribution is -0.171. The Labute approximate surface area is 82.3 Å². The third kappa shape index (κ3) is 3.73. The first kappa shape index (κ1) is 12.9. The molecule has 0 aromatic rings. The van der Waals surface area contributed by atoms with E-state index in [1.54, 1.807) is 6.92 Å². The zero-order valence-corrected chi connectivity index (χ0v) is 8.43. The Morgan fingerprint density at radius 2 is 2.00 bits per heavy atom. The highest BCUT2D eigenvalue weighted by atomic mass is 19.1. The molecular weight excluding hydrogens is 191 g/mol. The maximum absolute atomic E-state index is 12.4. The topological polar surface area (TPSA) is 44.8 Å². The van der Waals surface area contributed by atoms with Gasteiger partial charge < -0.3 is 14.2 Å². The van der Waals surface area contributed by atoms with Gasteiger partial charge in [0.1, 0.15) is 0 Å². The summed E-state index contributed by atoms with van der Waals surface area (Å²) in [6, 6.07) is 0. The number of ether oxygens (including phenoxy) is 3. The van der Waals surface area contributed by atoms with Crippen molar-refractivity contribution in [3.8, 4) is 11.8 Å². The lowest BCUT2D eigenvalue weighted by Crippen LogP contribution is -2.34. The van der Waals surface area contributed by atoms with E-state index in [1.807, 2.05) is 0 Å². The number of carbonyl (C=O) groups excluding carboxylic acids is 1.